The normalized spacial score (nSPS) is 10.5. The molecular formula is C20H19N5OS2. The van der Waals surface area contributed by atoms with E-state index < -0.39 is 0 Å². The first kappa shape index (κ1) is 20.0. The third-order valence-electron chi connectivity index (χ3n) is 3.94. The number of nitrogens with one attached hydrogen (secondary N) is 1. The van der Waals surface area contributed by atoms with E-state index in [-0.39, 0.29) is 11.7 Å². The molecule has 0 aliphatic rings. The number of hydrogen-bond acceptors (Lipinski definition) is 6. The Bertz CT molecular complexity index is 1030. The predicted octanol–water partition coefficient (Wildman–Crippen LogP) is 4.23. The first-order valence-electron chi connectivity index (χ1n) is 8.59. The molecule has 1 heterocycles. The molecule has 1 aromatic heterocycles. The van der Waals surface area contributed by atoms with Gasteiger partial charge in [-0.1, -0.05) is 42.1 Å². The van der Waals surface area contributed by atoms with E-state index in [2.05, 4.69) is 21.6 Å². The molecule has 0 atom stereocenters. The fourth-order valence-electron chi connectivity index (χ4n) is 2.65. The van der Waals surface area contributed by atoms with Crippen LogP contribution < -0.4 is 5.32 Å². The number of thioether (sulfide) groups is 2. The van der Waals surface area contributed by atoms with E-state index >= 15 is 0 Å². The highest BCUT2D eigenvalue weighted by molar-refractivity contribution is 8.00. The molecule has 0 aliphatic heterocycles. The smallest absolute Gasteiger partial charge is 0.234 e. The summed E-state index contributed by atoms with van der Waals surface area (Å²) in [4.78, 5) is 13.3. The highest BCUT2D eigenvalue weighted by Crippen LogP contribution is 2.28. The SMILES string of the molecule is Cc1ccccc1-n1c(C)nnc1SCC(=O)Nc1ccccc1SCC#N. The van der Waals surface area contributed by atoms with Crippen LogP contribution in [0.3, 0.4) is 0 Å². The summed E-state index contributed by atoms with van der Waals surface area (Å²) in [6.45, 7) is 3.93. The molecule has 8 heteroatoms. The second-order valence-electron chi connectivity index (χ2n) is 5.93. The maximum Gasteiger partial charge on any atom is 0.234 e. The van der Waals surface area contributed by atoms with Gasteiger partial charge in [0.2, 0.25) is 5.91 Å². The van der Waals surface area contributed by atoms with Gasteiger partial charge in [0.15, 0.2) is 5.16 Å². The van der Waals surface area contributed by atoms with Gasteiger partial charge in [-0.25, -0.2) is 0 Å². The summed E-state index contributed by atoms with van der Waals surface area (Å²) in [5.74, 6) is 1.18. The number of aromatic nitrogens is 3. The Kier molecular flexibility index (Phi) is 6.74. The fraction of sp³-hybridized carbons (Fsp3) is 0.200. The highest BCUT2D eigenvalue weighted by atomic mass is 32.2. The molecule has 0 aliphatic carbocycles. The molecule has 0 radical (unpaired) electrons. The van der Waals surface area contributed by atoms with Crippen molar-refractivity contribution in [3.63, 3.8) is 0 Å². The topological polar surface area (TPSA) is 83.6 Å². The van der Waals surface area contributed by atoms with Crippen molar-refractivity contribution < 1.29 is 4.79 Å². The molecule has 3 aromatic rings. The number of rotatable bonds is 7. The molecule has 6 nitrogen and oxygen atoms in total. The van der Waals surface area contributed by atoms with Gasteiger partial charge in [-0.15, -0.1) is 22.0 Å². The maximum absolute atomic E-state index is 12.5. The standard InChI is InChI=1S/C20H19N5OS2/c1-14-7-3-5-9-17(14)25-15(2)23-24-20(25)28-13-19(26)22-16-8-4-6-10-18(16)27-12-11-21/h3-10H,12-13H2,1-2H3,(H,22,26). The number of hydrogen-bond donors (Lipinski definition) is 1. The van der Waals surface area contributed by atoms with Gasteiger partial charge in [0.1, 0.15) is 5.82 Å². The van der Waals surface area contributed by atoms with Gasteiger partial charge in [-0.2, -0.15) is 5.26 Å². The monoisotopic (exact) mass is 409 g/mol. The minimum absolute atomic E-state index is 0.132. The van der Waals surface area contributed by atoms with Crippen molar-refractivity contribution in [1.82, 2.24) is 14.8 Å². The molecule has 0 saturated heterocycles. The molecule has 0 bridgehead atoms. The van der Waals surface area contributed by atoms with E-state index in [4.69, 9.17) is 5.26 Å². The van der Waals surface area contributed by atoms with E-state index in [0.29, 0.717) is 16.6 Å². The second-order valence-corrected chi connectivity index (χ2v) is 7.89. The molecule has 2 aromatic carbocycles. The van der Waals surface area contributed by atoms with Gasteiger partial charge in [0.25, 0.3) is 0 Å². The molecule has 1 amide bonds. The summed E-state index contributed by atoms with van der Waals surface area (Å²) in [6, 6.07) is 17.6. The Labute approximate surface area is 172 Å². The number of carbonyl (C=O) groups excluding carboxylic acids is 1. The summed E-state index contributed by atoms with van der Waals surface area (Å²) in [5.41, 5.74) is 2.83. The first-order valence-corrected chi connectivity index (χ1v) is 10.6. The van der Waals surface area contributed by atoms with Crippen LogP contribution in [0.5, 0.6) is 0 Å². The van der Waals surface area contributed by atoms with Gasteiger partial charge < -0.3 is 5.32 Å². The molecule has 0 fully saturated rings. The van der Waals surface area contributed by atoms with Gasteiger partial charge in [-0.3, -0.25) is 9.36 Å². The van der Waals surface area contributed by atoms with Crippen LogP contribution in [-0.4, -0.2) is 32.2 Å². The van der Waals surface area contributed by atoms with Crippen LogP contribution in [0.4, 0.5) is 5.69 Å². The number of nitrogens with zero attached hydrogens (tertiary/aromatic N) is 4. The minimum Gasteiger partial charge on any atom is -0.324 e. The molecule has 1 N–H and O–H groups in total. The lowest BCUT2D eigenvalue weighted by atomic mass is 10.2. The van der Waals surface area contributed by atoms with Crippen molar-refractivity contribution in [2.24, 2.45) is 0 Å². The molecule has 28 heavy (non-hydrogen) atoms. The summed E-state index contributed by atoms with van der Waals surface area (Å²) in [7, 11) is 0. The lowest BCUT2D eigenvalue weighted by Gasteiger charge is -2.12. The van der Waals surface area contributed by atoms with Crippen molar-refractivity contribution in [2.75, 3.05) is 16.8 Å². The third kappa shape index (κ3) is 4.74. The average molecular weight is 410 g/mol. The van der Waals surface area contributed by atoms with Crippen molar-refractivity contribution in [2.45, 2.75) is 23.9 Å². The molecule has 0 saturated carbocycles. The summed E-state index contributed by atoms with van der Waals surface area (Å²) < 4.78 is 1.96. The average Bonchev–Trinajstić information content (AvgIpc) is 3.06. The van der Waals surface area contributed by atoms with E-state index in [1.165, 1.54) is 23.5 Å². The van der Waals surface area contributed by atoms with Crippen molar-refractivity contribution in [3.05, 3.63) is 59.9 Å². The Morgan fingerprint density at radius 1 is 1.11 bits per heavy atom. The van der Waals surface area contributed by atoms with Crippen LogP contribution in [0.1, 0.15) is 11.4 Å². The third-order valence-corrected chi connectivity index (χ3v) is 5.81. The van der Waals surface area contributed by atoms with Crippen LogP contribution in [0.2, 0.25) is 0 Å². The lowest BCUT2D eigenvalue weighted by molar-refractivity contribution is -0.113. The molecular weight excluding hydrogens is 390 g/mol. The van der Waals surface area contributed by atoms with E-state index in [1.807, 2.05) is 66.9 Å². The zero-order valence-electron chi connectivity index (χ0n) is 15.5. The summed E-state index contributed by atoms with van der Waals surface area (Å²) >= 11 is 2.74. The van der Waals surface area contributed by atoms with Crippen molar-refractivity contribution in [3.8, 4) is 11.8 Å². The fourth-order valence-corrected chi connectivity index (χ4v) is 4.11. The predicted molar refractivity (Wildman–Crippen MR) is 113 cm³/mol. The second kappa shape index (κ2) is 9.44. The van der Waals surface area contributed by atoms with Gasteiger partial charge in [0, 0.05) is 4.90 Å². The maximum atomic E-state index is 12.5. The number of carbonyl (C=O) groups is 1. The first-order chi connectivity index (χ1) is 13.6. The largest absolute Gasteiger partial charge is 0.324 e. The van der Waals surface area contributed by atoms with Crippen molar-refractivity contribution >= 4 is 35.1 Å². The van der Waals surface area contributed by atoms with Gasteiger partial charge in [0.05, 0.1) is 28.9 Å². The molecule has 0 unspecified atom stereocenters. The quantitative estimate of drug-likeness (QED) is 0.588. The summed E-state index contributed by atoms with van der Waals surface area (Å²) in [5, 5.41) is 20.8. The molecule has 142 valence electrons. The summed E-state index contributed by atoms with van der Waals surface area (Å²) in [6.07, 6.45) is 0. The van der Waals surface area contributed by atoms with Crippen LogP contribution >= 0.6 is 23.5 Å². The Morgan fingerprint density at radius 3 is 2.64 bits per heavy atom. The number of anilines is 1. The Morgan fingerprint density at radius 2 is 1.86 bits per heavy atom. The minimum atomic E-state index is -0.132. The number of amides is 1. The Balaban J connectivity index is 1.70. The van der Waals surface area contributed by atoms with Gasteiger partial charge in [-0.05, 0) is 37.6 Å². The number of para-hydroxylation sites is 2. The van der Waals surface area contributed by atoms with Crippen molar-refractivity contribution in [1.29, 1.82) is 5.26 Å². The van der Waals surface area contributed by atoms with E-state index in [9.17, 15) is 4.79 Å². The molecule has 0 spiro atoms. The van der Waals surface area contributed by atoms with E-state index in [0.717, 1.165) is 22.0 Å². The van der Waals surface area contributed by atoms with Crippen LogP contribution in [0, 0.1) is 25.2 Å². The number of aryl methyl sites for hydroxylation is 2. The van der Waals surface area contributed by atoms with Crippen LogP contribution in [0.15, 0.2) is 58.6 Å². The van der Waals surface area contributed by atoms with Gasteiger partial charge >= 0.3 is 0 Å². The Hall–Kier alpha value is -2.76. The molecule has 3 rings (SSSR count). The number of nitriles is 1. The van der Waals surface area contributed by atoms with Crippen LogP contribution in [-0.2, 0) is 4.79 Å². The number of benzene rings is 2. The van der Waals surface area contributed by atoms with Crippen LogP contribution in [0.25, 0.3) is 5.69 Å². The zero-order chi connectivity index (χ0) is 19.9. The van der Waals surface area contributed by atoms with E-state index in [1.54, 1.807) is 0 Å². The highest BCUT2D eigenvalue weighted by Gasteiger charge is 2.15. The lowest BCUT2D eigenvalue weighted by Crippen LogP contribution is -2.15. The zero-order valence-corrected chi connectivity index (χ0v) is 17.2.